The predicted octanol–water partition coefficient (Wildman–Crippen LogP) is 1.07. The van der Waals surface area contributed by atoms with Gasteiger partial charge in [0.1, 0.15) is 6.54 Å². The van der Waals surface area contributed by atoms with Gasteiger partial charge in [0.2, 0.25) is 5.91 Å². The second-order valence-corrected chi connectivity index (χ2v) is 3.10. The van der Waals surface area contributed by atoms with Crippen molar-refractivity contribution in [3.05, 3.63) is 0 Å². The highest BCUT2D eigenvalue weighted by Crippen LogP contribution is 2.12. The normalized spacial score (nSPS) is 13.4. The van der Waals surface area contributed by atoms with E-state index in [4.69, 9.17) is 5.73 Å². The van der Waals surface area contributed by atoms with Crippen molar-refractivity contribution in [2.75, 3.05) is 6.54 Å². The average molecular weight is 235 g/mol. The Labute approximate surface area is 86.6 Å². The molecule has 7 heteroatoms. The average Bonchev–Trinajstić information content (AvgIpc) is 1.97. The molecule has 0 saturated carbocycles. The Hall–Kier alpha value is -0.490. The Balaban J connectivity index is 0. The van der Waals surface area contributed by atoms with Crippen molar-refractivity contribution in [1.82, 2.24) is 5.32 Å². The minimum absolute atomic E-state index is 0. The maximum absolute atomic E-state index is 11.6. The predicted molar refractivity (Wildman–Crippen MR) is 49.1 cm³/mol. The topological polar surface area (TPSA) is 55.1 Å². The second-order valence-electron chi connectivity index (χ2n) is 3.10. The lowest BCUT2D eigenvalue weighted by atomic mass is 10.1. The molecule has 0 heterocycles. The van der Waals surface area contributed by atoms with Gasteiger partial charge in [-0.05, 0) is 5.92 Å². The van der Waals surface area contributed by atoms with Crippen LogP contribution in [0.3, 0.4) is 0 Å². The van der Waals surface area contributed by atoms with E-state index in [1.54, 1.807) is 19.2 Å². The van der Waals surface area contributed by atoms with Crippen molar-refractivity contribution >= 4 is 18.3 Å². The molecule has 3 N–H and O–H groups in total. The summed E-state index contributed by atoms with van der Waals surface area (Å²) >= 11 is 0. The molecule has 1 amide bonds. The molecular formula is C7H14ClF3N2O. The SMILES string of the molecule is CC(C)C(N)C(=O)NCC(F)(F)F.Cl. The Morgan fingerprint density at radius 1 is 1.43 bits per heavy atom. The van der Waals surface area contributed by atoms with Gasteiger partial charge in [-0.1, -0.05) is 13.8 Å². The van der Waals surface area contributed by atoms with E-state index in [1.165, 1.54) is 0 Å². The summed E-state index contributed by atoms with van der Waals surface area (Å²) in [6.07, 6.45) is -4.38. The summed E-state index contributed by atoms with van der Waals surface area (Å²) in [4.78, 5) is 10.9. The Morgan fingerprint density at radius 3 is 2.14 bits per heavy atom. The molecule has 0 aliphatic heterocycles. The zero-order valence-corrected chi connectivity index (χ0v) is 8.71. The number of carbonyl (C=O) groups excluding carboxylic acids is 1. The van der Waals surface area contributed by atoms with Crippen molar-refractivity contribution in [3.63, 3.8) is 0 Å². The van der Waals surface area contributed by atoms with Crippen LogP contribution < -0.4 is 11.1 Å². The molecule has 86 valence electrons. The highest BCUT2D eigenvalue weighted by molar-refractivity contribution is 5.85. The maximum atomic E-state index is 11.6. The summed E-state index contributed by atoms with van der Waals surface area (Å²) in [7, 11) is 0. The number of hydrogen-bond acceptors (Lipinski definition) is 2. The Morgan fingerprint density at radius 2 is 1.86 bits per heavy atom. The molecule has 0 aliphatic rings. The summed E-state index contributed by atoms with van der Waals surface area (Å²) in [6, 6.07) is -0.887. The summed E-state index contributed by atoms with van der Waals surface area (Å²) in [6.45, 7) is 2.00. The molecule has 3 nitrogen and oxygen atoms in total. The summed E-state index contributed by atoms with van der Waals surface area (Å²) in [5.74, 6) is -0.944. The first kappa shape index (κ1) is 16.0. The molecule has 0 bridgehead atoms. The van der Waals surface area contributed by atoms with E-state index < -0.39 is 24.7 Å². The maximum Gasteiger partial charge on any atom is 0.405 e. The van der Waals surface area contributed by atoms with Gasteiger partial charge in [-0.25, -0.2) is 0 Å². The van der Waals surface area contributed by atoms with Crippen molar-refractivity contribution in [1.29, 1.82) is 0 Å². The first-order chi connectivity index (χ1) is 5.74. The number of rotatable bonds is 3. The lowest BCUT2D eigenvalue weighted by Crippen LogP contribution is -2.46. The van der Waals surface area contributed by atoms with Gasteiger partial charge in [0.15, 0.2) is 0 Å². The van der Waals surface area contributed by atoms with Gasteiger partial charge in [0, 0.05) is 0 Å². The standard InChI is InChI=1S/C7H13F3N2O.ClH/c1-4(2)5(11)6(13)12-3-7(8,9)10;/h4-5H,3,11H2,1-2H3,(H,12,13);1H. The molecule has 0 aromatic carbocycles. The van der Waals surface area contributed by atoms with Crippen LogP contribution in [0.4, 0.5) is 13.2 Å². The second kappa shape index (κ2) is 6.08. The third-order valence-corrected chi connectivity index (χ3v) is 1.48. The lowest BCUT2D eigenvalue weighted by molar-refractivity contribution is -0.139. The van der Waals surface area contributed by atoms with Gasteiger partial charge >= 0.3 is 6.18 Å². The molecule has 0 aromatic rings. The van der Waals surface area contributed by atoms with E-state index in [1.807, 2.05) is 0 Å². The molecule has 1 atom stereocenters. The van der Waals surface area contributed by atoms with Gasteiger partial charge in [0.25, 0.3) is 0 Å². The van der Waals surface area contributed by atoms with Gasteiger partial charge in [0.05, 0.1) is 6.04 Å². The zero-order valence-electron chi connectivity index (χ0n) is 7.89. The minimum atomic E-state index is -4.38. The van der Waals surface area contributed by atoms with E-state index in [-0.39, 0.29) is 18.3 Å². The third kappa shape index (κ3) is 6.97. The van der Waals surface area contributed by atoms with Crippen LogP contribution >= 0.6 is 12.4 Å². The van der Waals surface area contributed by atoms with E-state index in [0.717, 1.165) is 0 Å². The summed E-state index contributed by atoms with van der Waals surface area (Å²) in [5.41, 5.74) is 5.31. The quantitative estimate of drug-likeness (QED) is 0.768. The molecule has 0 aromatic heterocycles. The summed E-state index contributed by atoms with van der Waals surface area (Å²) in [5, 5.41) is 1.71. The molecule has 0 rings (SSSR count). The smallest absolute Gasteiger partial charge is 0.346 e. The highest BCUT2D eigenvalue weighted by Gasteiger charge is 2.29. The monoisotopic (exact) mass is 234 g/mol. The van der Waals surface area contributed by atoms with E-state index in [2.05, 4.69) is 0 Å². The summed E-state index contributed by atoms with van der Waals surface area (Å²) < 4.78 is 34.9. The highest BCUT2D eigenvalue weighted by atomic mass is 35.5. The Bertz CT molecular complexity index is 184. The first-order valence-electron chi connectivity index (χ1n) is 3.84. The van der Waals surface area contributed by atoms with Crippen LogP contribution in [0.2, 0.25) is 0 Å². The van der Waals surface area contributed by atoms with Crippen LogP contribution in [0, 0.1) is 5.92 Å². The molecule has 0 spiro atoms. The number of nitrogens with one attached hydrogen (secondary N) is 1. The largest absolute Gasteiger partial charge is 0.405 e. The van der Waals surface area contributed by atoms with E-state index in [9.17, 15) is 18.0 Å². The van der Waals surface area contributed by atoms with Crippen molar-refractivity contribution < 1.29 is 18.0 Å². The molecule has 0 fully saturated rings. The van der Waals surface area contributed by atoms with Crippen LogP contribution in [-0.2, 0) is 4.79 Å². The van der Waals surface area contributed by atoms with Crippen molar-refractivity contribution in [2.24, 2.45) is 11.7 Å². The van der Waals surface area contributed by atoms with Gasteiger partial charge in [-0.3, -0.25) is 4.79 Å². The van der Waals surface area contributed by atoms with Gasteiger partial charge in [-0.15, -0.1) is 12.4 Å². The van der Waals surface area contributed by atoms with Crippen LogP contribution in [0.25, 0.3) is 0 Å². The number of alkyl halides is 3. The third-order valence-electron chi connectivity index (χ3n) is 1.48. The lowest BCUT2D eigenvalue weighted by Gasteiger charge is -2.15. The number of carbonyl (C=O) groups is 1. The van der Waals surface area contributed by atoms with Crippen LogP contribution in [-0.4, -0.2) is 24.7 Å². The van der Waals surface area contributed by atoms with Gasteiger partial charge < -0.3 is 11.1 Å². The number of hydrogen-bond donors (Lipinski definition) is 2. The van der Waals surface area contributed by atoms with Crippen LogP contribution in [0.15, 0.2) is 0 Å². The van der Waals surface area contributed by atoms with Gasteiger partial charge in [-0.2, -0.15) is 13.2 Å². The van der Waals surface area contributed by atoms with Crippen LogP contribution in [0.1, 0.15) is 13.8 Å². The van der Waals surface area contributed by atoms with Crippen molar-refractivity contribution in [3.8, 4) is 0 Å². The molecule has 0 saturated heterocycles. The molecule has 0 aliphatic carbocycles. The fraction of sp³-hybridized carbons (Fsp3) is 0.857. The van der Waals surface area contributed by atoms with E-state index >= 15 is 0 Å². The minimum Gasteiger partial charge on any atom is -0.346 e. The first-order valence-corrected chi connectivity index (χ1v) is 3.84. The molecule has 14 heavy (non-hydrogen) atoms. The number of amides is 1. The van der Waals surface area contributed by atoms with E-state index in [0.29, 0.717) is 0 Å². The van der Waals surface area contributed by atoms with Crippen molar-refractivity contribution in [2.45, 2.75) is 26.1 Å². The molecular weight excluding hydrogens is 221 g/mol. The number of halogens is 4. The molecule has 0 radical (unpaired) electrons. The number of nitrogens with two attached hydrogens (primary N) is 1. The zero-order chi connectivity index (χ0) is 10.6. The van der Waals surface area contributed by atoms with Crippen LogP contribution in [0.5, 0.6) is 0 Å². The fourth-order valence-electron chi connectivity index (χ4n) is 0.608. The fourth-order valence-corrected chi connectivity index (χ4v) is 0.608. The molecule has 1 unspecified atom stereocenters. The Kier molecular flexibility index (Phi) is 6.93.